The second-order valence-electron chi connectivity index (χ2n) is 5.65. The lowest BCUT2D eigenvalue weighted by molar-refractivity contribution is -0.385. The molecule has 7 nitrogen and oxygen atoms in total. The number of hydrogen-bond donors (Lipinski definition) is 2. The maximum atomic E-state index is 11.9. The minimum Gasteiger partial charge on any atom is -0.486 e. The summed E-state index contributed by atoms with van der Waals surface area (Å²) in [5, 5.41) is 14.1. The number of amides is 1. The summed E-state index contributed by atoms with van der Waals surface area (Å²) < 4.78 is 5.35. The monoisotopic (exact) mass is 377 g/mol. The number of nitrogens with two attached hydrogens (primary N) is 1. The van der Waals surface area contributed by atoms with Gasteiger partial charge in [0.1, 0.15) is 0 Å². The Morgan fingerprint density at radius 2 is 2.04 bits per heavy atom. The summed E-state index contributed by atoms with van der Waals surface area (Å²) in [6, 6.07) is 4.56. The fourth-order valence-corrected chi connectivity index (χ4v) is 2.74. The predicted octanol–water partition coefficient (Wildman–Crippen LogP) is 2.83. The molecular weight excluding hydrogens is 357 g/mol. The first kappa shape index (κ1) is 20.5. The third-order valence-corrected chi connectivity index (χ3v) is 4.08. The summed E-state index contributed by atoms with van der Waals surface area (Å²) in [7, 11) is 0. The van der Waals surface area contributed by atoms with Gasteiger partial charge in [-0.1, -0.05) is 11.6 Å². The highest BCUT2D eigenvalue weighted by molar-refractivity contribution is 6.30. The van der Waals surface area contributed by atoms with Crippen molar-refractivity contribution in [2.24, 2.45) is 5.73 Å². The first-order chi connectivity index (χ1) is 11.0. The van der Waals surface area contributed by atoms with Crippen LogP contribution in [0.15, 0.2) is 18.2 Å². The molecule has 0 unspecified atom stereocenters. The van der Waals surface area contributed by atoms with Crippen LogP contribution in [0.1, 0.15) is 32.1 Å². The summed E-state index contributed by atoms with van der Waals surface area (Å²) in [6.45, 7) is 0.0700. The largest absolute Gasteiger partial charge is 0.486 e. The SMILES string of the molecule is Cl.NC1CCC(NC(=O)CCOc2ccc(Cl)cc2[N+](=O)[O-])CC1. The lowest BCUT2D eigenvalue weighted by atomic mass is 9.92. The van der Waals surface area contributed by atoms with Gasteiger partial charge in [0.2, 0.25) is 5.91 Å². The van der Waals surface area contributed by atoms with Gasteiger partial charge in [0, 0.05) is 23.2 Å². The number of benzene rings is 1. The van der Waals surface area contributed by atoms with Crippen LogP contribution in [-0.2, 0) is 4.79 Å². The number of halogens is 2. The zero-order chi connectivity index (χ0) is 16.8. The molecule has 0 atom stereocenters. The average molecular weight is 378 g/mol. The molecule has 1 aromatic rings. The molecule has 1 aliphatic carbocycles. The van der Waals surface area contributed by atoms with Crippen molar-refractivity contribution in [2.75, 3.05) is 6.61 Å². The van der Waals surface area contributed by atoms with Gasteiger partial charge in [0.25, 0.3) is 0 Å². The minimum atomic E-state index is -0.563. The molecule has 0 spiro atoms. The van der Waals surface area contributed by atoms with Gasteiger partial charge < -0.3 is 15.8 Å². The molecule has 0 saturated heterocycles. The number of nitrogens with zero attached hydrogens (tertiary/aromatic N) is 1. The number of rotatable bonds is 6. The van der Waals surface area contributed by atoms with Crippen molar-refractivity contribution in [1.82, 2.24) is 5.32 Å². The van der Waals surface area contributed by atoms with Crippen molar-refractivity contribution < 1.29 is 14.5 Å². The molecule has 0 bridgehead atoms. The van der Waals surface area contributed by atoms with E-state index in [0.717, 1.165) is 25.7 Å². The summed E-state index contributed by atoms with van der Waals surface area (Å²) >= 11 is 5.73. The standard InChI is InChI=1S/C15H20ClN3O4.ClH/c16-10-1-6-14(13(9-10)19(21)22)23-8-7-15(20)18-12-4-2-11(17)3-5-12;/h1,6,9,11-12H,2-5,7-8,17H2,(H,18,20);1H. The molecule has 1 aromatic carbocycles. The summed E-state index contributed by atoms with van der Waals surface area (Å²) in [5.41, 5.74) is 5.62. The Morgan fingerprint density at radius 3 is 2.67 bits per heavy atom. The Morgan fingerprint density at radius 1 is 1.38 bits per heavy atom. The topological polar surface area (TPSA) is 107 Å². The molecule has 1 fully saturated rings. The van der Waals surface area contributed by atoms with Crippen LogP contribution < -0.4 is 15.8 Å². The van der Waals surface area contributed by atoms with E-state index in [0.29, 0.717) is 0 Å². The zero-order valence-electron chi connectivity index (χ0n) is 13.1. The van der Waals surface area contributed by atoms with Crippen LogP contribution in [0, 0.1) is 10.1 Å². The first-order valence-corrected chi connectivity index (χ1v) is 7.95. The van der Waals surface area contributed by atoms with E-state index < -0.39 is 4.92 Å². The van der Waals surface area contributed by atoms with Crippen molar-refractivity contribution in [3.05, 3.63) is 33.3 Å². The zero-order valence-corrected chi connectivity index (χ0v) is 14.6. The summed E-state index contributed by atoms with van der Waals surface area (Å²) in [6.07, 6.45) is 3.74. The first-order valence-electron chi connectivity index (χ1n) is 7.57. The van der Waals surface area contributed by atoms with Crippen LogP contribution in [0.25, 0.3) is 0 Å². The lowest BCUT2D eigenvalue weighted by Gasteiger charge is -2.26. The van der Waals surface area contributed by atoms with Gasteiger partial charge in [-0.2, -0.15) is 0 Å². The highest BCUT2D eigenvalue weighted by Crippen LogP contribution is 2.29. The number of carbonyl (C=O) groups excluding carboxylic acids is 1. The summed E-state index contributed by atoms with van der Waals surface area (Å²) in [5.74, 6) is -0.0158. The third kappa shape index (κ3) is 6.14. The van der Waals surface area contributed by atoms with Crippen LogP contribution in [0.4, 0.5) is 5.69 Å². The normalized spacial score (nSPS) is 19.9. The van der Waals surface area contributed by atoms with Gasteiger partial charge in [0.05, 0.1) is 18.0 Å². The Bertz CT molecular complexity index is 578. The van der Waals surface area contributed by atoms with Crippen molar-refractivity contribution in [3.63, 3.8) is 0 Å². The van der Waals surface area contributed by atoms with E-state index in [4.69, 9.17) is 22.1 Å². The molecule has 0 aromatic heterocycles. The van der Waals surface area contributed by atoms with Crippen LogP contribution >= 0.6 is 24.0 Å². The third-order valence-electron chi connectivity index (χ3n) is 3.84. The quantitative estimate of drug-likeness (QED) is 0.585. The Labute approximate surface area is 151 Å². The predicted molar refractivity (Wildman–Crippen MR) is 93.8 cm³/mol. The van der Waals surface area contributed by atoms with Crippen molar-refractivity contribution in [3.8, 4) is 5.75 Å². The molecule has 0 heterocycles. The van der Waals surface area contributed by atoms with Crippen LogP contribution in [0.3, 0.4) is 0 Å². The summed E-state index contributed by atoms with van der Waals surface area (Å²) in [4.78, 5) is 22.3. The molecule has 1 aliphatic rings. The van der Waals surface area contributed by atoms with E-state index in [1.54, 1.807) is 0 Å². The van der Waals surface area contributed by atoms with Crippen LogP contribution in [0.2, 0.25) is 5.02 Å². The number of nitro groups is 1. The molecule has 9 heteroatoms. The maximum Gasteiger partial charge on any atom is 0.312 e. The Hall–Kier alpha value is -1.57. The number of nitrogens with one attached hydrogen (secondary N) is 1. The van der Waals surface area contributed by atoms with E-state index in [9.17, 15) is 14.9 Å². The lowest BCUT2D eigenvalue weighted by Crippen LogP contribution is -2.40. The molecule has 0 radical (unpaired) electrons. The number of hydrogen-bond acceptors (Lipinski definition) is 5. The van der Waals surface area contributed by atoms with E-state index in [-0.39, 0.29) is 59.9 Å². The van der Waals surface area contributed by atoms with E-state index in [1.165, 1.54) is 18.2 Å². The number of nitro benzene ring substituents is 1. The smallest absolute Gasteiger partial charge is 0.312 e. The average Bonchev–Trinajstić information content (AvgIpc) is 2.51. The molecule has 2 rings (SSSR count). The second-order valence-corrected chi connectivity index (χ2v) is 6.08. The van der Waals surface area contributed by atoms with Crippen LogP contribution in [-0.4, -0.2) is 29.5 Å². The molecule has 24 heavy (non-hydrogen) atoms. The van der Waals surface area contributed by atoms with Crippen LogP contribution in [0.5, 0.6) is 5.75 Å². The molecule has 1 amide bonds. The van der Waals surface area contributed by atoms with E-state index in [2.05, 4.69) is 5.32 Å². The molecule has 1 saturated carbocycles. The second kappa shape index (κ2) is 9.66. The van der Waals surface area contributed by atoms with E-state index in [1.807, 2.05) is 0 Å². The Kier molecular flexibility index (Phi) is 8.24. The Balaban J connectivity index is 0.00000288. The number of ether oxygens (including phenoxy) is 1. The molecule has 134 valence electrons. The van der Waals surface area contributed by atoms with Crippen molar-refractivity contribution in [1.29, 1.82) is 0 Å². The molecular formula is C15H21Cl2N3O4. The fraction of sp³-hybridized carbons (Fsp3) is 0.533. The van der Waals surface area contributed by atoms with Gasteiger partial charge in [-0.25, -0.2) is 0 Å². The molecule has 0 aliphatic heterocycles. The van der Waals surface area contributed by atoms with Gasteiger partial charge >= 0.3 is 5.69 Å². The highest BCUT2D eigenvalue weighted by Gasteiger charge is 2.20. The van der Waals surface area contributed by atoms with Gasteiger partial charge in [0.15, 0.2) is 5.75 Å². The van der Waals surface area contributed by atoms with Crippen molar-refractivity contribution in [2.45, 2.75) is 44.2 Å². The molecule has 3 N–H and O–H groups in total. The highest BCUT2D eigenvalue weighted by atomic mass is 35.5. The van der Waals surface area contributed by atoms with Crippen molar-refractivity contribution >= 4 is 35.6 Å². The van der Waals surface area contributed by atoms with Gasteiger partial charge in [-0.05, 0) is 37.8 Å². The fourth-order valence-electron chi connectivity index (χ4n) is 2.57. The minimum absolute atomic E-state index is 0. The van der Waals surface area contributed by atoms with Gasteiger partial charge in [-0.15, -0.1) is 12.4 Å². The van der Waals surface area contributed by atoms with Gasteiger partial charge in [-0.3, -0.25) is 14.9 Å². The number of carbonyl (C=O) groups is 1. The van der Waals surface area contributed by atoms with E-state index >= 15 is 0 Å². The maximum absolute atomic E-state index is 11.9.